The first-order chi connectivity index (χ1) is 8.74. The van der Waals surface area contributed by atoms with Crippen molar-refractivity contribution >= 4 is 11.6 Å². The molecule has 2 N–H and O–H groups in total. The van der Waals surface area contributed by atoms with Crippen molar-refractivity contribution in [3.63, 3.8) is 0 Å². The molecule has 1 unspecified atom stereocenters. The monoisotopic (exact) mass is 248 g/mol. The van der Waals surface area contributed by atoms with Crippen molar-refractivity contribution in [3.05, 3.63) is 30.3 Å². The van der Waals surface area contributed by atoms with Gasteiger partial charge in [-0.2, -0.15) is 0 Å². The number of anilines is 1. The summed E-state index contributed by atoms with van der Waals surface area (Å²) in [7, 11) is 0. The minimum atomic E-state index is -0.0675. The molecule has 3 nitrogen and oxygen atoms in total. The molecule has 0 bridgehead atoms. The molecule has 0 aliphatic heterocycles. The lowest BCUT2D eigenvalue weighted by Crippen LogP contribution is -2.39. The Balaban J connectivity index is 2.87. The quantitative estimate of drug-likeness (QED) is 0.806. The summed E-state index contributed by atoms with van der Waals surface area (Å²) in [6.45, 7) is 5.34. The van der Waals surface area contributed by atoms with E-state index in [0.29, 0.717) is 6.54 Å². The van der Waals surface area contributed by atoms with E-state index in [4.69, 9.17) is 5.73 Å². The van der Waals surface area contributed by atoms with Gasteiger partial charge in [0.25, 0.3) is 0 Å². The first-order valence-electron chi connectivity index (χ1n) is 6.81. The second kappa shape index (κ2) is 7.88. The summed E-state index contributed by atoms with van der Waals surface area (Å²) in [5, 5.41) is 0. The summed E-state index contributed by atoms with van der Waals surface area (Å²) in [6, 6.07) is 9.86. The third-order valence-corrected chi connectivity index (χ3v) is 3.20. The fraction of sp³-hybridized carbons (Fsp3) is 0.533. The second-order valence-electron chi connectivity index (χ2n) is 4.52. The molecule has 1 amide bonds. The van der Waals surface area contributed by atoms with Crippen molar-refractivity contribution in [3.8, 4) is 0 Å². The van der Waals surface area contributed by atoms with E-state index in [0.717, 1.165) is 31.5 Å². The molecule has 1 atom stereocenters. The third kappa shape index (κ3) is 3.84. The highest BCUT2D eigenvalue weighted by atomic mass is 16.2. The third-order valence-electron chi connectivity index (χ3n) is 3.20. The van der Waals surface area contributed by atoms with E-state index < -0.39 is 0 Å². The van der Waals surface area contributed by atoms with Gasteiger partial charge >= 0.3 is 0 Å². The first-order valence-corrected chi connectivity index (χ1v) is 6.81. The Bertz CT molecular complexity index is 347. The van der Waals surface area contributed by atoms with Crippen LogP contribution < -0.4 is 10.6 Å². The SMILES string of the molecule is CCCCN(C(=O)C(CC)CN)c1ccccc1. The first kappa shape index (κ1) is 14.7. The molecule has 0 spiro atoms. The number of para-hydroxylation sites is 1. The number of unbranched alkanes of at least 4 members (excludes halogenated alkanes) is 1. The Hall–Kier alpha value is -1.35. The normalized spacial score (nSPS) is 12.2. The molecule has 0 radical (unpaired) electrons. The fourth-order valence-electron chi connectivity index (χ4n) is 1.95. The predicted octanol–water partition coefficient (Wildman–Crippen LogP) is 2.80. The molecular weight excluding hydrogens is 224 g/mol. The van der Waals surface area contributed by atoms with Crippen LogP contribution in [0.15, 0.2) is 30.3 Å². The Labute approximate surface area is 110 Å². The summed E-state index contributed by atoms with van der Waals surface area (Å²) in [5.41, 5.74) is 6.66. The average molecular weight is 248 g/mol. The highest BCUT2D eigenvalue weighted by Crippen LogP contribution is 2.18. The van der Waals surface area contributed by atoms with E-state index >= 15 is 0 Å². The molecule has 0 aromatic heterocycles. The van der Waals surface area contributed by atoms with Gasteiger partial charge in [-0.05, 0) is 25.0 Å². The molecule has 0 saturated heterocycles. The van der Waals surface area contributed by atoms with Gasteiger partial charge in [-0.1, -0.05) is 38.5 Å². The molecule has 1 rings (SSSR count). The van der Waals surface area contributed by atoms with Crippen molar-refractivity contribution in [1.29, 1.82) is 0 Å². The van der Waals surface area contributed by atoms with Crippen molar-refractivity contribution in [2.45, 2.75) is 33.1 Å². The van der Waals surface area contributed by atoms with Crippen LogP contribution in [0, 0.1) is 5.92 Å². The zero-order valence-electron chi connectivity index (χ0n) is 11.4. The molecule has 100 valence electrons. The van der Waals surface area contributed by atoms with Crippen LogP contribution in [0.4, 0.5) is 5.69 Å². The van der Waals surface area contributed by atoms with E-state index in [9.17, 15) is 4.79 Å². The number of carbonyl (C=O) groups excluding carboxylic acids is 1. The highest BCUT2D eigenvalue weighted by molar-refractivity contribution is 5.95. The molecule has 0 aliphatic rings. The lowest BCUT2D eigenvalue weighted by molar-refractivity contribution is -0.122. The molecule has 3 heteroatoms. The highest BCUT2D eigenvalue weighted by Gasteiger charge is 2.22. The van der Waals surface area contributed by atoms with Gasteiger partial charge in [0.2, 0.25) is 5.91 Å². The van der Waals surface area contributed by atoms with Gasteiger partial charge in [0.05, 0.1) is 5.92 Å². The second-order valence-corrected chi connectivity index (χ2v) is 4.52. The number of nitrogens with zero attached hydrogens (tertiary/aromatic N) is 1. The summed E-state index contributed by atoms with van der Waals surface area (Å²) >= 11 is 0. The van der Waals surface area contributed by atoms with Gasteiger partial charge < -0.3 is 10.6 Å². The number of nitrogens with two attached hydrogens (primary N) is 1. The van der Waals surface area contributed by atoms with Gasteiger partial charge in [-0.25, -0.2) is 0 Å². The van der Waals surface area contributed by atoms with Crippen LogP contribution in [-0.4, -0.2) is 19.0 Å². The van der Waals surface area contributed by atoms with Crippen molar-refractivity contribution in [2.24, 2.45) is 11.7 Å². The Morgan fingerprint density at radius 1 is 1.28 bits per heavy atom. The lowest BCUT2D eigenvalue weighted by Gasteiger charge is -2.26. The van der Waals surface area contributed by atoms with Crippen LogP contribution in [0.25, 0.3) is 0 Å². The van der Waals surface area contributed by atoms with Gasteiger partial charge in [0.15, 0.2) is 0 Å². The van der Waals surface area contributed by atoms with Crippen molar-refractivity contribution in [1.82, 2.24) is 0 Å². The standard InChI is InChI=1S/C15H24N2O/c1-3-5-11-17(14-9-7-6-8-10-14)15(18)13(4-2)12-16/h6-10,13H,3-5,11-12,16H2,1-2H3. The van der Waals surface area contributed by atoms with E-state index in [2.05, 4.69) is 6.92 Å². The van der Waals surface area contributed by atoms with Gasteiger partial charge in [0.1, 0.15) is 0 Å². The smallest absolute Gasteiger partial charge is 0.231 e. The van der Waals surface area contributed by atoms with Crippen LogP contribution in [-0.2, 0) is 4.79 Å². The van der Waals surface area contributed by atoms with Crippen LogP contribution in [0.3, 0.4) is 0 Å². The number of hydrogen-bond donors (Lipinski definition) is 1. The Kier molecular flexibility index (Phi) is 6.44. The van der Waals surface area contributed by atoms with Crippen LogP contribution in [0.1, 0.15) is 33.1 Å². The van der Waals surface area contributed by atoms with E-state index in [1.807, 2.05) is 42.2 Å². The molecule has 1 aromatic carbocycles. The number of hydrogen-bond acceptors (Lipinski definition) is 2. The molecule has 18 heavy (non-hydrogen) atoms. The van der Waals surface area contributed by atoms with Crippen molar-refractivity contribution < 1.29 is 4.79 Å². The largest absolute Gasteiger partial charge is 0.330 e. The molecule has 0 fully saturated rings. The summed E-state index contributed by atoms with van der Waals surface area (Å²) in [6.07, 6.45) is 2.89. The van der Waals surface area contributed by atoms with Crippen molar-refractivity contribution in [2.75, 3.05) is 18.0 Å². The predicted molar refractivity (Wildman–Crippen MR) is 76.5 cm³/mol. The average Bonchev–Trinajstić information content (AvgIpc) is 2.42. The maximum atomic E-state index is 12.5. The number of carbonyl (C=O) groups is 1. The van der Waals surface area contributed by atoms with Crippen LogP contribution in [0.5, 0.6) is 0 Å². The Morgan fingerprint density at radius 2 is 1.94 bits per heavy atom. The molecule has 0 heterocycles. The van der Waals surface area contributed by atoms with E-state index in [1.54, 1.807) is 0 Å². The maximum Gasteiger partial charge on any atom is 0.231 e. The number of amides is 1. The van der Waals surface area contributed by atoms with Crippen LogP contribution in [0.2, 0.25) is 0 Å². The van der Waals surface area contributed by atoms with Gasteiger partial charge in [-0.3, -0.25) is 4.79 Å². The number of rotatable bonds is 7. The van der Waals surface area contributed by atoms with E-state index in [1.165, 1.54) is 0 Å². The summed E-state index contributed by atoms with van der Waals surface area (Å²) < 4.78 is 0. The summed E-state index contributed by atoms with van der Waals surface area (Å²) in [5.74, 6) is 0.0849. The van der Waals surface area contributed by atoms with Gasteiger partial charge in [0, 0.05) is 18.8 Å². The summed E-state index contributed by atoms with van der Waals surface area (Å²) in [4.78, 5) is 14.3. The lowest BCUT2D eigenvalue weighted by atomic mass is 10.0. The molecule has 0 saturated carbocycles. The molecular formula is C15H24N2O. The zero-order valence-corrected chi connectivity index (χ0v) is 11.4. The topological polar surface area (TPSA) is 46.3 Å². The zero-order chi connectivity index (χ0) is 13.4. The van der Waals surface area contributed by atoms with E-state index in [-0.39, 0.29) is 11.8 Å². The minimum Gasteiger partial charge on any atom is -0.330 e. The number of benzene rings is 1. The minimum absolute atomic E-state index is 0.0675. The molecule has 0 aliphatic carbocycles. The fourth-order valence-corrected chi connectivity index (χ4v) is 1.95. The Morgan fingerprint density at radius 3 is 2.44 bits per heavy atom. The maximum absolute atomic E-state index is 12.5. The van der Waals surface area contributed by atoms with Crippen LogP contribution >= 0.6 is 0 Å². The van der Waals surface area contributed by atoms with Gasteiger partial charge in [-0.15, -0.1) is 0 Å². The molecule has 1 aromatic rings.